The first-order chi connectivity index (χ1) is 17.7. The molecule has 1 N–H and O–H groups in total. The number of anilines is 1. The van der Waals surface area contributed by atoms with Crippen LogP contribution in [0.15, 0.2) is 114 Å². The van der Waals surface area contributed by atoms with Gasteiger partial charge in [0.25, 0.3) is 0 Å². The Morgan fingerprint density at radius 3 is 2.19 bits per heavy atom. The van der Waals surface area contributed by atoms with E-state index >= 15 is 0 Å². The van der Waals surface area contributed by atoms with E-state index in [0.29, 0.717) is 21.5 Å². The number of thiazole rings is 1. The Morgan fingerprint density at radius 1 is 0.833 bits per heavy atom. The third-order valence-electron chi connectivity index (χ3n) is 5.25. The van der Waals surface area contributed by atoms with E-state index in [1.54, 1.807) is 42.6 Å². The van der Waals surface area contributed by atoms with Crippen molar-refractivity contribution in [3.63, 3.8) is 0 Å². The molecule has 176 valence electrons. The van der Waals surface area contributed by atoms with Gasteiger partial charge in [0.1, 0.15) is 5.75 Å². The number of benzene rings is 4. The molecule has 0 radical (unpaired) electrons. The van der Waals surface area contributed by atoms with Crippen molar-refractivity contribution in [1.29, 1.82) is 0 Å². The van der Waals surface area contributed by atoms with E-state index in [1.807, 2.05) is 72.8 Å². The lowest BCUT2D eigenvalue weighted by Gasteiger charge is -2.04. The molecule has 0 saturated carbocycles. The number of esters is 1. The van der Waals surface area contributed by atoms with Gasteiger partial charge in [-0.2, -0.15) is 5.10 Å². The number of hydrogen-bond acceptors (Lipinski definition) is 6. The summed E-state index contributed by atoms with van der Waals surface area (Å²) in [5.41, 5.74) is 7.33. The Morgan fingerprint density at radius 2 is 1.50 bits per heavy atom. The van der Waals surface area contributed by atoms with E-state index in [1.165, 1.54) is 11.3 Å². The van der Waals surface area contributed by atoms with E-state index in [4.69, 9.17) is 21.3 Å². The summed E-state index contributed by atoms with van der Waals surface area (Å²) in [4.78, 5) is 18.0. The largest absolute Gasteiger partial charge is 0.423 e. The summed E-state index contributed by atoms with van der Waals surface area (Å²) in [7, 11) is 0. The molecule has 1 heterocycles. The molecule has 0 spiro atoms. The van der Waals surface area contributed by atoms with Crippen molar-refractivity contribution >= 4 is 40.3 Å². The van der Waals surface area contributed by atoms with Crippen LogP contribution in [-0.2, 0) is 0 Å². The predicted octanol–water partition coefficient (Wildman–Crippen LogP) is 7.80. The maximum atomic E-state index is 12.2. The minimum absolute atomic E-state index is 0.395. The molecule has 0 aliphatic heterocycles. The van der Waals surface area contributed by atoms with E-state index in [2.05, 4.69) is 10.5 Å². The number of carbonyl (C=O) groups excluding carboxylic acids is 1. The van der Waals surface area contributed by atoms with Gasteiger partial charge < -0.3 is 4.74 Å². The topological polar surface area (TPSA) is 63.6 Å². The minimum Gasteiger partial charge on any atom is -0.423 e. The fourth-order valence-electron chi connectivity index (χ4n) is 3.48. The van der Waals surface area contributed by atoms with Gasteiger partial charge in [0.2, 0.25) is 5.13 Å². The molecule has 0 bridgehead atoms. The van der Waals surface area contributed by atoms with Crippen molar-refractivity contribution in [2.24, 2.45) is 5.10 Å². The monoisotopic (exact) mass is 509 g/mol. The van der Waals surface area contributed by atoms with Crippen molar-refractivity contribution in [1.82, 2.24) is 4.98 Å². The number of hydrogen-bond donors (Lipinski definition) is 1. The summed E-state index contributed by atoms with van der Waals surface area (Å²) in [5.74, 6) is 0.0714. The van der Waals surface area contributed by atoms with Crippen LogP contribution in [0.3, 0.4) is 0 Å². The SMILES string of the molecule is O=C(Oc1ccc(/C=N\Nc2nc(-c3ccccc3)c(-c3ccc(Cl)cc3)s2)cc1)c1ccccc1. The van der Waals surface area contributed by atoms with Crippen LogP contribution in [0.4, 0.5) is 5.13 Å². The van der Waals surface area contributed by atoms with Crippen molar-refractivity contribution in [3.05, 3.63) is 125 Å². The molecule has 5 rings (SSSR count). The molecule has 0 aliphatic rings. The van der Waals surface area contributed by atoms with Gasteiger partial charge in [0.15, 0.2) is 0 Å². The van der Waals surface area contributed by atoms with Gasteiger partial charge in [-0.1, -0.05) is 83.6 Å². The summed E-state index contributed by atoms with van der Waals surface area (Å²) < 4.78 is 5.42. The number of aromatic nitrogens is 1. The predicted molar refractivity (Wildman–Crippen MR) is 147 cm³/mol. The molecule has 7 heteroatoms. The summed E-state index contributed by atoms with van der Waals surface area (Å²) >= 11 is 7.60. The van der Waals surface area contributed by atoms with Gasteiger partial charge in [-0.3, -0.25) is 5.43 Å². The molecular weight excluding hydrogens is 490 g/mol. The molecule has 5 aromatic rings. The summed E-state index contributed by atoms with van der Waals surface area (Å²) in [6.07, 6.45) is 1.69. The standard InChI is InChI=1S/C29H20ClN3O2S/c30-24-15-13-22(14-16-24)27-26(21-7-3-1-4-8-21)32-29(36-27)33-31-19-20-11-17-25(18-12-20)35-28(34)23-9-5-2-6-10-23/h1-19H,(H,32,33)/b31-19-. The first-order valence-corrected chi connectivity index (χ1v) is 12.3. The van der Waals surface area contributed by atoms with Gasteiger partial charge in [-0.15, -0.1) is 0 Å². The van der Waals surface area contributed by atoms with Gasteiger partial charge in [0.05, 0.1) is 22.3 Å². The third kappa shape index (κ3) is 5.68. The second-order valence-corrected chi connectivity index (χ2v) is 9.20. The van der Waals surface area contributed by atoms with Gasteiger partial charge >= 0.3 is 5.97 Å². The van der Waals surface area contributed by atoms with Gasteiger partial charge in [-0.05, 0) is 59.7 Å². The van der Waals surface area contributed by atoms with E-state index in [0.717, 1.165) is 27.3 Å². The molecule has 0 unspecified atom stereocenters. The van der Waals surface area contributed by atoms with Gasteiger partial charge in [-0.25, -0.2) is 9.78 Å². The smallest absolute Gasteiger partial charge is 0.343 e. The quantitative estimate of drug-likeness (QED) is 0.105. The normalized spacial score (nSPS) is 10.9. The number of rotatable bonds is 7. The molecule has 36 heavy (non-hydrogen) atoms. The average Bonchev–Trinajstić information content (AvgIpc) is 3.35. The van der Waals surface area contributed by atoms with E-state index < -0.39 is 5.97 Å². The lowest BCUT2D eigenvalue weighted by atomic mass is 10.1. The Bertz CT molecular complexity index is 1480. The van der Waals surface area contributed by atoms with Crippen LogP contribution in [0.2, 0.25) is 5.02 Å². The zero-order chi connectivity index (χ0) is 24.7. The maximum Gasteiger partial charge on any atom is 0.343 e. The maximum absolute atomic E-state index is 12.2. The highest BCUT2D eigenvalue weighted by Gasteiger charge is 2.15. The van der Waals surface area contributed by atoms with Crippen LogP contribution in [0.25, 0.3) is 21.7 Å². The van der Waals surface area contributed by atoms with Crippen molar-refractivity contribution < 1.29 is 9.53 Å². The molecular formula is C29H20ClN3O2S. The van der Waals surface area contributed by atoms with Crippen LogP contribution in [0, 0.1) is 0 Å². The van der Waals surface area contributed by atoms with E-state index in [-0.39, 0.29) is 0 Å². The first-order valence-electron chi connectivity index (χ1n) is 11.1. The van der Waals surface area contributed by atoms with Crippen molar-refractivity contribution in [3.8, 4) is 27.4 Å². The van der Waals surface area contributed by atoms with Gasteiger partial charge in [0, 0.05) is 10.6 Å². The molecule has 5 nitrogen and oxygen atoms in total. The number of nitrogens with one attached hydrogen (secondary N) is 1. The molecule has 0 saturated heterocycles. The van der Waals surface area contributed by atoms with Crippen LogP contribution in [0.1, 0.15) is 15.9 Å². The van der Waals surface area contributed by atoms with Crippen LogP contribution >= 0.6 is 22.9 Å². The zero-order valence-corrected chi connectivity index (χ0v) is 20.5. The Kier molecular flexibility index (Phi) is 7.17. The van der Waals surface area contributed by atoms with Crippen molar-refractivity contribution in [2.45, 2.75) is 0 Å². The Balaban J connectivity index is 1.30. The first kappa shape index (κ1) is 23.5. The van der Waals surface area contributed by atoms with Crippen LogP contribution in [0.5, 0.6) is 5.75 Å². The number of hydrazone groups is 1. The average molecular weight is 510 g/mol. The fraction of sp³-hybridized carbons (Fsp3) is 0. The summed E-state index contributed by atoms with van der Waals surface area (Å²) in [6, 6.07) is 33.8. The Hall–Kier alpha value is -4.26. The fourth-order valence-corrected chi connectivity index (χ4v) is 4.55. The highest BCUT2D eigenvalue weighted by Crippen LogP contribution is 2.39. The minimum atomic E-state index is -0.395. The number of carbonyl (C=O) groups is 1. The summed E-state index contributed by atoms with van der Waals surface area (Å²) in [6.45, 7) is 0. The molecule has 4 aromatic carbocycles. The highest BCUT2D eigenvalue weighted by molar-refractivity contribution is 7.19. The molecule has 1 aromatic heterocycles. The second kappa shape index (κ2) is 11.0. The lowest BCUT2D eigenvalue weighted by molar-refractivity contribution is 0.0735. The molecule has 0 amide bonds. The molecule has 0 atom stereocenters. The summed E-state index contributed by atoms with van der Waals surface area (Å²) in [5, 5.41) is 5.71. The van der Waals surface area contributed by atoms with Crippen LogP contribution in [-0.4, -0.2) is 17.2 Å². The lowest BCUT2D eigenvalue weighted by Crippen LogP contribution is -2.08. The number of halogens is 1. The zero-order valence-electron chi connectivity index (χ0n) is 19.0. The molecule has 0 aliphatic carbocycles. The second-order valence-electron chi connectivity index (χ2n) is 7.76. The Labute approximate surface area is 217 Å². The number of ether oxygens (including phenoxy) is 1. The number of nitrogens with zero attached hydrogens (tertiary/aromatic N) is 2. The molecule has 0 fully saturated rings. The third-order valence-corrected chi connectivity index (χ3v) is 6.52. The van der Waals surface area contributed by atoms with Crippen molar-refractivity contribution in [2.75, 3.05) is 5.43 Å². The van der Waals surface area contributed by atoms with E-state index in [9.17, 15) is 4.79 Å². The highest BCUT2D eigenvalue weighted by atomic mass is 35.5. The van der Waals surface area contributed by atoms with Crippen LogP contribution < -0.4 is 10.2 Å².